The van der Waals surface area contributed by atoms with E-state index in [1.807, 2.05) is 30.3 Å². The number of alkyl halides is 1. The van der Waals surface area contributed by atoms with Gasteiger partial charge in [0.15, 0.2) is 0 Å². The Morgan fingerprint density at radius 3 is 2.64 bits per heavy atom. The molecule has 2 heteroatoms. The summed E-state index contributed by atoms with van der Waals surface area (Å²) in [5, 5.41) is 0. The summed E-state index contributed by atoms with van der Waals surface area (Å²) in [5.74, 6) is 0. The molecule has 0 amide bonds. The second-order valence-electron chi connectivity index (χ2n) is 4.19. The third kappa shape index (κ3) is 1.80. The molecule has 0 aliphatic heterocycles. The molecule has 1 aliphatic rings. The third-order valence-corrected chi connectivity index (χ3v) is 3.02. The average Bonchev–Trinajstić information content (AvgIpc) is 2.19. The molecule has 0 spiro atoms. The van der Waals surface area contributed by atoms with Crippen molar-refractivity contribution in [2.75, 3.05) is 0 Å². The van der Waals surface area contributed by atoms with Gasteiger partial charge in [0.1, 0.15) is 5.67 Å². The topological polar surface area (TPSA) is 26.0 Å². The normalized spacial score (nSPS) is 32.9. The zero-order valence-electron chi connectivity index (χ0n) is 8.25. The van der Waals surface area contributed by atoms with E-state index >= 15 is 0 Å². The average molecular weight is 193 g/mol. The van der Waals surface area contributed by atoms with Gasteiger partial charge in [-0.1, -0.05) is 30.3 Å². The van der Waals surface area contributed by atoms with Gasteiger partial charge in [0.2, 0.25) is 0 Å². The van der Waals surface area contributed by atoms with Crippen LogP contribution in [-0.2, 0) is 5.67 Å². The van der Waals surface area contributed by atoms with Crippen LogP contribution in [0.15, 0.2) is 30.3 Å². The maximum atomic E-state index is 14.5. The van der Waals surface area contributed by atoms with Gasteiger partial charge in [-0.2, -0.15) is 0 Å². The van der Waals surface area contributed by atoms with E-state index < -0.39 is 5.67 Å². The van der Waals surface area contributed by atoms with Crippen LogP contribution in [0.2, 0.25) is 0 Å². The number of hydrogen-bond acceptors (Lipinski definition) is 1. The van der Waals surface area contributed by atoms with Gasteiger partial charge < -0.3 is 5.73 Å². The summed E-state index contributed by atoms with van der Waals surface area (Å²) in [6.07, 6.45) is 2.94. The molecule has 0 radical (unpaired) electrons. The molecule has 76 valence electrons. The minimum atomic E-state index is -1.18. The fourth-order valence-electron chi connectivity index (χ4n) is 2.26. The Kier molecular flexibility index (Phi) is 2.55. The minimum absolute atomic E-state index is 0.0222. The predicted molar refractivity (Wildman–Crippen MR) is 55.7 cm³/mol. The molecule has 1 aliphatic carbocycles. The minimum Gasteiger partial charge on any atom is -0.328 e. The van der Waals surface area contributed by atoms with Gasteiger partial charge in [0, 0.05) is 12.5 Å². The summed E-state index contributed by atoms with van der Waals surface area (Å²) < 4.78 is 14.5. The Balaban J connectivity index is 2.23. The predicted octanol–water partition coefficient (Wildman–Crippen LogP) is 2.75. The van der Waals surface area contributed by atoms with Crippen molar-refractivity contribution in [1.29, 1.82) is 0 Å². The highest BCUT2D eigenvalue weighted by Crippen LogP contribution is 2.39. The first-order valence-electron chi connectivity index (χ1n) is 5.21. The first kappa shape index (κ1) is 9.66. The van der Waals surface area contributed by atoms with E-state index in [-0.39, 0.29) is 6.04 Å². The van der Waals surface area contributed by atoms with Gasteiger partial charge in [-0.25, -0.2) is 4.39 Å². The van der Waals surface area contributed by atoms with E-state index in [1.165, 1.54) is 0 Å². The summed E-state index contributed by atoms with van der Waals surface area (Å²) >= 11 is 0. The Hall–Kier alpha value is -0.890. The van der Waals surface area contributed by atoms with Gasteiger partial charge in [-0.15, -0.1) is 0 Å². The monoisotopic (exact) mass is 193 g/mol. The Morgan fingerprint density at radius 2 is 2.00 bits per heavy atom. The first-order valence-corrected chi connectivity index (χ1v) is 5.21. The van der Waals surface area contributed by atoms with Crippen molar-refractivity contribution in [3.63, 3.8) is 0 Å². The van der Waals surface area contributed by atoms with E-state index in [0.29, 0.717) is 12.8 Å². The number of nitrogens with two attached hydrogens (primary N) is 1. The lowest BCUT2D eigenvalue weighted by atomic mass is 9.79. The quantitative estimate of drug-likeness (QED) is 0.729. The highest BCUT2D eigenvalue weighted by molar-refractivity contribution is 5.23. The van der Waals surface area contributed by atoms with Gasteiger partial charge in [0.05, 0.1) is 0 Å². The van der Waals surface area contributed by atoms with Crippen LogP contribution in [0.4, 0.5) is 4.39 Å². The molecule has 1 aromatic carbocycles. The van der Waals surface area contributed by atoms with Crippen LogP contribution in [0.3, 0.4) is 0 Å². The van der Waals surface area contributed by atoms with Crippen LogP contribution in [0.5, 0.6) is 0 Å². The van der Waals surface area contributed by atoms with Crippen LogP contribution in [0.1, 0.15) is 31.2 Å². The van der Waals surface area contributed by atoms with E-state index in [2.05, 4.69) is 0 Å². The van der Waals surface area contributed by atoms with Crippen molar-refractivity contribution < 1.29 is 4.39 Å². The summed E-state index contributed by atoms with van der Waals surface area (Å²) in [7, 11) is 0. The Labute approximate surface area is 84.1 Å². The zero-order valence-corrected chi connectivity index (χ0v) is 8.25. The molecular formula is C12H16FN. The first-order chi connectivity index (χ1) is 6.71. The molecule has 0 heterocycles. The number of halogens is 1. The number of benzene rings is 1. The molecule has 2 atom stereocenters. The standard InChI is InChI=1S/C12H16FN/c13-12(8-4-7-11(14)9-12)10-5-2-1-3-6-10/h1-3,5-6,11H,4,7-9,14H2. The molecule has 2 unspecified atom stereocenters. The maximum Gasteiger partial charge on any atom is 0.137 e. The molecule has 1 fully saturated rings. The van der Waals surface area contributed by atoms with Crippen LogP contribution < -0.4 is 5.73 Å². The van der Waals surface area contributed by atoms with E-state index in [9.17, 15) is 4.39 Å². The largest absolute Gasteiger partial charge is 0.328 e. The lowest BCUT2D eigenvalue weighted by molar-refractivity contribution is 0.0948. The molecule has 1 aromatic rings. The summed E-state index contributed by atoms with van der Waals surface area (Å²) in [5.41, 5.74) is 5.41. The summed E-state index contributed by atoms with van der Waals surface area (Å²) in [4.78, 5) is 0. The smallest absolute Gasteiger partial charge is 0.137 e. The zero-order chi connectivity index (χ0) is 10.0. The summed E-state index contributed by atoms with van der Waals surface area (Å²) in [6, 6.07) is 9.42. The van der Waals surface area contributed by atoms with Crippen LogP contribution in [-0.4, -0.2) is 6.04 Å². The van der Waals surface area contributed by atoms with E-state index in [4.69, 9.17) is 5.73 Å². The van der Waals surface area contributed by atoms with Crippen LogP contribution in [0.25, 0.3) is 0 Å². The molecule has 0 saturated heterocycles. The maximum absolute atomic E-state index is 14.5. The second-order valence-corrected chi connectivity index (χ2v) is 4.19. The second kappa shape index (κ2) is 3.70. The third-order valence-electron chi connectivity index (χ3n) is 3.02. The van der Waals surface area contributed by atoms with Gasteiger partial charge in [-0.3, -0.25) is 0 Å². The van der Waals surface area contributed by atoms with Gasteiger partial charge >= 0.3 is 0 Å². The molecule has 0 bridgehead atoms. The van der Waals surface area contributed by atoms with Crippen LogP contribution in [0, 0.1) is 0 Å². The fraction of sp³-hybridized carbons (Fsp3) is 0.500. The SMILES string of the molecule is NC1CCCC(F)(c2ccccc2)C1. The lowest BCUT2D eigenvalue weighted by Crippen LogP contribution is -2.36. The van der Waals surface area contributed by atoms with Gasteiger partial charge in [-0.05, 0) is 24.8 Å². The van der Waals surface area contributed by atoms with Crippen molar-refractivity contribution in [2.45, 2.75) is 37.4 Å². The molecule has 2 N–H and O–H groups in total. The highest BCUT2D eigenvalue weighted by atomic mass is 19.1. The lowest BCUT2D eigenvalue weighted by Gasteiger charge is -2.33. The Bertz CT molecular complexity index is 298. The number of rotatable bonds is 1. The van der Waals surface area contributed by atoms with Crippen molar-refractivity contribution >= 4 is 0 Å². The molecule has 14 heavy (non-hydrogen) atoms. The van der Waals surface area contributed by atoms with Crippen molar-refractivity contribution in [3.05, 3.63) is 35.9 Å². The molecule has 0 aromatic heterocycles. The molecule has 1 nitrogen and oxygen atoms in total. The Morgan fingerprint density at radius 1 is 1.29 bits per heavy atom. The fourth-order valence-corrected chi connectivity index (χ4v) is 2.26. The van der Waals surface area contributed by atoms with Crippen LogP contribution >= 0.6 is 0 Å². The van der Waals surface area contributed by atoms with Gasteiger partial charge in [0.25, 0.3) is 0 Å². The van der Waals surface area contributed by atoms with Crippen molar-refractivity contribution in [3.8, 4) is 0 Å². The summed E-state index contributed by atoms with van der Waals surface area (Å²) in [6.45, 7) is 0. The molecular weight excluding hydrogens is 177 g/mol. The van der Waals surface area contributed by atoms with Crippen molar-refractivity contribution in [1.82, 2.24) is 0 Å². The number of hydrogen-bond donors (Lipinski definition) is 1. The molecule has 1 saturated carbocycles. The molecule has 2 rings (SSSR count). The highest BCUT2D eigenvalue weighted by Gasteiger charge is 2.36. The van der Waals surface area contributed by atoms with E-state index in [1.54, 1.807) is 0 Å². The van der Waals surface area contributed by atoms with Crippen molar-refractivity contribution in [2.24, 2.45) is 5.73 Å². The van der Waals surface area contributed by atoms with E-state index in [0.717, 1.165) is 18.4 Å².